The lowest BCUT2D eigenvalue weighted by molar-refractivity contribution is -0.393. The Balaban J connectivity index is 1.62. The van der Waals surface area contributed by atoms with E-state index < -0.39 is 9.85 Å². The monoisotopic (exact) mass is 356 g/mol. The molecule has 1 fully saturated rings. The molecule has 8 nitrogen and oxygen atoms in total. The van der Waals surface area contributed by atoms with Crippen LogP contribution in [0.2, 0.25) is 0 Å². The minimum atomic E-state index is -0.613. The zero-order valence-electron chi connectivity index (χ0n) is 14.3. The van der Waals surface area contributed by atoms with E-state index in [1.54, 1.807) is 0 Å². The van der Waals surface area contributed by atoms with E-state index in [9.17, 15) is 20.2 Å². The summed E-state index contributed by atoms with van der Waals surface area (Å²) in [6, 6.07) is 14.1. The molecular weight excluding hydrogens is 336 g/mol. The highest BCUT2D eigenvalue weighted by atomic mass is 16.6. The minimum Gasteiger partial charge on any atom is -0.363 e. The molecule has 2 aromatic rings. The summed E-state index contributed by atoms with van der Waals surface area (Å²) < 4.78 is 0. The third-order valence-electron chi connectivity index (χ3n) is 4.64. The second-order valence-electron chi connectivity index (χ2n) is 6.25. The Morgan fingerprint density at radius 3 is 2.19 bits per heavy atom. The number of nitro benzene ring substituents is 2. The van der Waals surface area contributed by atoms with Gasteiger partial charge in [0.15, 0.2) is 0 Å². The smallest absolute Gasteiger partial charge is 0.299 e. The molecule has 0 N–H and O–H groups in total. The number of nitro groups is 2. The van der Waals surface area contributed by atoms with Crippen molar-refractivity contribution in [2.45, 2.75) is 6.42 Å². The molecule has 1 saturated heterocycles. The van der Waals surface area contributed by atoms with Gasteiger partial charge in [0.05, 0.1) is 15.9 Å². The van der Waals surface area contributed by atoms with Crippen LogP contribution in [0.25, 0.3) is 0 Å². The molecule has 136 valence electrons. The number of nitrogens with zero attached hydrogens (tertiary/aromatic N) is 4. The molecule has 8 heteroatoms. The highest BCUT2D eigenvalue weighted by Gasteiger charge is 2.26. The van der Waals surface area contributed by atoms with Crippen molar-refractivity contribution >= 4 is 17.1 Å². The van der Waals surface area contributed by atoms with Gasteiger partial charge in [0, 0.05) is 38.8 Å². The quantitative estimate of drug-likeness (QED) is 0.584. The molecule has 0 bridgehead atoms. The Kier molecular flexibility index (Phi) is 5.43. The van der Waals surface area contributed by atoms with Crippen LogP contribution in [-0.4, -0.2) is 47.5 Å². The van der Waals surface area contributed by atoms with Crippen molar-refractivity contribution in [1.29, 1.82) is 0 Å². The normalized spacial score (nSPS) is 15.0. The highest BCUT2D eigenvalue weighted by molar-refractivity contribution is 5.67. The van der Waals surface area contributed by atoms with Gasteiger partial charge in [-0.25, -0.2) is 0 Å². The van der Waals surface area contributed by atoms with Crippen molar-refractivity contribution in [2.75, 3.05) is 37.6 Å². The van der Waals surface area contributed by atoms with E-state index in [2.05, 4.69) is 17.0 Å². The minimum absolute atomic E-state index is 0.211. The van der Waals surface area contributed by atoms with E-state index in [4.69, 9.17) is 0 Å². The van der Waals surface area contributed by atoms with E-state index in [0.29, 0.717) is 18.8 Å². The van der Waals surface area contributed by atoms with Crippen molar-refractivity contribution < 1.29 is 9.85 Å². The van der Waals surface area contributed by atoms with Crippen LogP contribution in [0.3, 0.4) is 0 Å². The standard InChI is InChI=1S/C18H20N4O4/c23-21(24)16-6-7-17(18(14-16)22(25)26)20-12-10-19(11-13-20)9-8-15-4-2-1-3-5-15/h1-7,14H,8-13H2. The molecule has 1 heterocycles. The summed E-state index contributed by atoms with van der Waals surface area (Å²) in [6.07, 6.45) is 0.971. The summed E-state index contributed by atoms with van der Waals surface area (Å²) in [5, 5.41) is 22.2. The first-order chi connectivity index (χ1) is 12.5. The Labute approximate surface area is 150 Å². The number of hydrogen-bond donors (Lipinski definition) is 0. The predicted octanol–water partition coefficient (Wildman–Crippen LogP) is 2.87. The number of rotatable bonds is 6. The number of anilines is 1. The Hall–Kier alpha value is -3.00. The molecule has 0 aromatic heterocycles. The van der Waals surface area contributed by atoms with Crippen molar-refractivity contribution in [3.63, 3.8) is 0 Å². The lowest BCUT2D eigenvalue weighted by Crippen LogP contribution is -2.47. The SMILES string of the molecule is O=[N+]([O-])c1ccc(N2CCN(CCc3ccccc3)CC2)c([N+](=O)[O-])c1. The zero-order chi connectivity index (χ0) is 18.5. The summed E-state index contributed by atoms with van der Waals surface area (Å²) in [5.41, 5.74) is 1.27. The number of hydrogen-bond acceptors (Lipinski definition) is 6. The van der Waals surface area contributed by atoms with Gasteiger partial charge in [-0.2, -0.15) is 0 Å². The average molecular weight is 356 g/mol. The molecule has 0 spiro atoms. The van der Waals surface area contributed by atoms with Crippen molar-refractivity contribution in [3.05, 3.63) is 74.3 Å². The van der Waals surface area contributed by atoms with E-state index in [-0.39, 0.29) is 11.4 Å². The van der Waals surface area contributed by atoms with Gasteiger partial charge in [0.2, 0.25) is 0 Å². The maximum absolute atomic E-state index is 11.3. The van der Waals surface area contributed by atoms with Crippen LogP contribution in [0.1, 0.15) is 5.56 Å². The lowest BCUT2D eigenvalue weighted by atomic mass is 10.1. The van der Waals surface area contributed by atoms with Crippen molar-refractivity contribution in [3.8, 4) is 0 Å². The van der Waals surface area contributed by atoms with E-state index in [1.165, 1.54) is 17.7 Å². The molecule has 0 aliphatic carbocycles. The van der Waals surface area contributed by atoms with E-state index >= 15 is 0 Å². The molecule has 26 heavy (non-hydrogen) atoms. The summed E-state index contributed by atoms with van der Waals surface area (Å²) in [7, 11) is 0. The summed E-state index contributed by atoms with van der Waals surface area (Å²) in [6.45, 7) is 3.88. The van der Waals surface area contributed by atoms with Crippen molar-refractivity contribution in [1.82, 2.24) is 4.90 Å². The molecule has 0 amide bonds. The number of piperazine rings is 1. The fourth-order valence-corrected chi connectivity index (χ4v) is 3.18. The van der Waals surface area contributed by atoms with Crippen LogP contribution < -0.4 is 4.90 Å². The van der Waals surface area contributed by atoms with Gasteiger partial charge in [-0.3, -0.25) is 25.1 Å². The third kappa shape index (κ3) is 4.15. The summed E-state index contributed by atoms with van der Waals surface area (Å²) in [5.74, 6) is 0. The molecule has 3 rings (SSSR count). The van der Waals surface area contributed by atoms with Crippen LogP contribution >= 0.6 is 0 Å². The molecule has 1 aliphatic rings. The zero-order valence-corrected chi connectivity index (χ0v) is 14.3. The summed E-state index contributed by atoms with van der Waals surface area (Å²) in [4.78, 5) is 25.3. The highest BCUT2D eigenvalue weighted by Crippen LogP contribution is 2.32. The van der Waals surface area contributed by atoms with Crippen LogP contribution in [0, 0.1) is 20.2 Å². The Morgan fingerprint density at radius 2 is 1.58 bits per heavy atom. The molecule has 2 aromatic carbocycles. The molecule has 1 aliphatic heterocycles. The van der Waals surface area contributed by atoms with Gasteiger partial charge in [0.25, 0.3) is 11.4 Å². The van der Waals surface area contributed by atoms with E-state index in [0.717, 1.165) is 32.1 Å². The molecule has 0 atom stereocenters. The van der Waals surface area contributed by atoms with E-state index in [1.807, 2.05) is 23.1 Å². The molecule has 0 radical (unpaired) electrons. The first-order valence-corrected chi connectivity index (χ1v) is 8.48. The maximum atomic E-state index is 11.3. The van der Waals surface area contributed by atoms with Gasteiger partial charge in [-0.15, -0.1) is 0 Å². The topological polar surface area (TPSA) is 92.8 Å². The van der Waals surface area contributed by atoms with Gasteiger partial charge in [0.1, 0.15) is 5.69 Å². The van der Waals surface area contributed by atoms with Crippen LogP contribution in [0.5, 0.6) is 0 Å². The third-order valence-corrected chi connectivity index (χ3v) is 4.64. The summed E-state index contributed by atoms with van der Waals surface area (Å²) >= 11 is 0. The van der Waals surface area contributed by atoms with Crippen LogP contribution in [-0.2, 0) is 6.42 Å². The number of benzene rings is 2. The lowest BCUT2D eigenvalue weighted by Gasteiger charge is -2.35. The van der Waals surface area contributed by atoms with Crippen molar-refractivity contribution in [2.24, 2.45) is 0 Å². The number of non-ortho nitro benzene ring substituents is 1. The van der Waals surface area contributed by atoms with Gasteiger partial charge in [-0.1, -0.05) is 30.3 Å². The van der Waals surface area contributed by atoms with Crippen LogP contribution in [0.15, 0.2) is 48.5 Å². The second kappa shape index (κ2) is 7.92. The van der Waals surface area contributed by atoms with Gasteiger partial charge in [-0.05, 0) is 18.1 Å². The van der Waals surface area contributed by atoms with Crippen LogP contribution in [0.4, 0.5) is 17.1 Å². The molecular formula is C18H20N4O4. The second-order valence-corrected chi connectivity index (χ2v) is 6.25. The fourth-order valence-electron chi connectivity index (χ4n) is 3.18. The average Bonchev–Trinajstić information content (AvgIpc) is 2.67. The maximum Gasteiger partial charge on any atom is 0.299 e. The van der Waals surface area contributed by atoms with Gasteiger partial charge >= 0.3 is 0 Å². The first-order valence-electron chi connectivity index (χ1n) is 8.48. The fraction of sp³-hybridized carbons (Fsp3) is 0.333. The van der Waals surface area contributed by atoms with Gasteiger partial charge < -0.3 is 4.90 Å². The predicted molar refractivity (Wildman–Crippen MR) is 98.5 cm³/mol. The Bertz CT molecular complexity index is 789. The Morgan fingerprint density at radius 1 is 0.885 bits per heavy atom. The first kappa shape index (κ1) is 17.8. The largest absolute Gasteiger partial charge is 0.363 e. The molecule has 0 saturated carbocycles. The molecule has 0 unspecified atom stereocenters.